The van der Waals surface area contributed by atoms with Crippen LogP contribution in [0.3, 0.4) is 0 Å². The maximum atomic E-state index is 12.8. The van der Waals surface area contributed by atoms with Crippen molar-refractivity contribution in [2.45, 2.75) is 37.5 Å². The molecule has 0 atom stereocenters. The zero-order chi connectivity index (χ0) is 18.3. The number of rotatable bonds is 6. The molecule has 1 N–H and O–H groups in total. The van der Waals surface area contributed by atoms with Gasteiger partial charge in [-0.15, -0.1) is 0 Å². The summed E-state index contributed by atoms with van der Waals surface area (Å²) >= 11 is 0. The summed E-state index contributed by atoms with van der Waals surface area (Å²) in [5.41, 5.74) is 0.111. The van der Waals surface area contributed by atoms with Gasteiger partial charge in [-0.05, 0) is 38.0 Å². The van der Waals surface area contributed by atoms with Crippen molar-refractivity contribution in [1.29, 1.82) is 0 Å². The Kier molecular flexibility index (Phi) is 6.95. The van der Waals surface area contributed by atoms with Gasteiger partial charge in [0, 0.05) is 19.6 Å². The fourth-order valence-electron chi connectivity index (χ4n) is 2.68. The smallest absolute Gasteiger partial charge is 0.338 e. The van der Waals surface area contributed by atoms with E-state index < -0.39 is 28.5 Å². The third kappa shape index (κ3) is 5.27. The van der Waals surface area contributed by atoms with Crippen LogP contribution in [0.4, 0.5) is 0 Å². The summed E-state index contributed by atoms with van der Waals surface area (Å²) in [6, 6.07) is 5.76. The van der Waals surface area contributed by atoms with Crippen LogP contribution < -0.4 is 5.32 Å². The Morgan fingerprint density at radius 2 is 1.84 bits per heavy atom. The van der Waals surface area contributed by atoms with Crippen molar-refractivity contribution in [3.63, 3.8) is 0 Å². The molecular formula is C17H24N2O5S. The van der Waals surface area contributed by atoms with E-state index in [0.717, 1.165) is 25.7 Å². The minimum absolute atomic E-state index is 0.0712. The molecule has 8 heteroatoms. The van der Waals surface area contributed by atoms with Crippen molar-refractivity contribution in [3.05, 3.63) is 29.8 Å². The van der Waals surface area contributed by atoms with Gasteiger partial charge in [-0.1, -0.05) is 18.9 Å². The van der Waals surface area contributed by atoms with Crippen LogP contribution in [0.1, 0.15) is 43.0 Å². The first kappa shape index (κ1) is 19.4. The largest absolute Gasteiger partial charge is 0.452 e. The molecule has 0 unspecified atom stereocenters. The third-order valence-corrected chi connectivity index (χ3v) is 5.88. The van der Waals surface area contributed by atoms with E-state index in [9.17, 15) is 18.0 Å². The zero-order valence-corrected chi connectivity index (χ0v) is 15.2. The van der Waals surface area contributed by atoms with Crippen LogP contribution in [-0.2, 0) is 19.6 Å². The number of esters is 1. The van der Waals surface area contributed by atoms with Crippen molar-refractivity contribution in [2.24, 2.45) is 0 Å². The Morgan fingerprint density at radius 3 is 2.48 bits per heavy atom. The Balaban J connectivity index is 2.11. The molecule has 0 aliphatic carbocycles. The normalized spacial score (nSPS) is 16.0. The SMILES string of the molecule is CCNC(=O)COC(=O)c1cccc(S(=O)(=O)N2CCCCCC2)c1. The Bertz CT molecular complexity index is 710. The molecule has 25 heavy (non-hydrogen) atoms. The van der Waals surface area contributed by atoms with Crippen LogP contribution in [-0.4, -0.2) is 50.8 Å². The van der Waals surface area contributed by atoms with Crippen molar-refractivity contribution in [2.75, 3.05) is 26.2 Å². The molecular weight excluding hydrogens is 344 g/mol. The van der Waals surface area contributed by atoms with Gasteiger partial charge in [0.25, 0.3) is 5.91 Å². The van der Waals surface area contributed by atoms with Crippen LogP contribution in [0, 0.1) is 0 Å². The lowest BCUT2D eigenvalue weighted by molar-refractivity contribution is -0.124. The molecule has 1 aromatic carbocycles. The van der Waals surface area contributed by atoms with E-state index in [0.29, 0.717) is 19.6 Å². The summed E-state index contributed by atoms with van der Waals surface area (Å²) in [7, 11) is -3.64. The fourth-order valence-corrected chi connectivity index (χ4v) is 4.24. The lowest BCUT2D eigenvalue weighted by Gasteiger charge is -2.20. The summed E-state index contributed by atoms with van der Waals surface area (Å²) in [5.74, 6) is -1.12. The van der Waals surface area contributed by atoms with E-state index in [1.807, 2.05) is 0 Å². The zero-order valence-electron chi connectivity index (χ0n) is 14.4. The van der Waals surface area contributed by atoms with E-state index in [1.54, 1.807) is 6.92 Å². The monoisotopic (exact) mass is 368 g/mol. The summed E-state index contributed by atoms with van der Waals surface area (Å²) < 4.78 is 31.9. The van der Waals surface area contributed by atoms with E-state index in [-0.39, 0.29) is 10.5 Å². The molecule has 0 saturated carbocycles. The first-order chi connectivity index (χ1) is 11.9. The third-order valence-electron chi connectivity index (χ3n) is 3.98. The molecule has 0 spiro atoms. The number of carbonyl (C=O) groups excluding carboxylic acids is 2. The Labute approximate surface area is 148 Å². The molecule has 0 aromatic heterocycles. The highest BCUT2D eigenvalue weighted by Gasteiger charge is 2.26. The number of sulfonamides is 1. The van der Waals surface area contributed by atoms with Crippen molar-refractivity contribution in [3.8, 4) is 0 Å². The molecule has 1 aliphatic heterocycles. The Hall–Kier alpha value is -1.93. The van der Waals surface area contributed by atoms with Gasteiger partial charge < -0.3 is 10.1 Å². The molecule has 0 radical (unpaired) electrons. The number of hydrogen-bond donors (Lipinski definition) is 1. The first-order valence-electron chi connectivity index (χ1n) is 8.49. The van der Waals surface area contributed by atoms with Gasteiger partial charge in [0.1, 0.15) is 0 Å². The van der Waals surface area contributed by atoms with Gasteiger partial charge in [0.15, 0.2) is 6.61 Å². The van der Waals surface area contributed by atoms with Gasteiger partial charge >= 0.3 is 5.97 Å². The second kappa shape index (κ2) is 8.96. The fraction of sp³-hybridized carbons (Fsp3) is 0.529. The number of amides is 1. The number of hydrogen-bond acceptors (Lipinski definition) is 5. The van der Waals surface area contributed by atoms with E-state index in [4.69, 9.17) is 4.74 Å². The number of carbonyl (C=O) groups is 2. The molecule has 7 nitrogen and oxygen atoms in total. The molecule has 1 aliphatic rings. The van der Waals surface area contributed by atoms with Crippen LogP contribution in [0.2, 0.25) is 0 Å². The number of benzene rings is 1. The average Bonchev–Trinajstić information content (AvgIpc) is 2.90. The van der Waals surface area contributed by atoms with Crippen LogP contribution in [0.5, 0.6) is 0 Å². The maximum absolute atomic E-state index is 12.8. The lowest BCUT2D eigenvalue weighted by Crippen LogP contribution is -2.32. The number of ether oxygens (including phenoxy) is 1. The molecule has 1 heterocycles. The van der Waals surface area contributed by atoms with Crippen molar-refractivity contribution >= 4 is 21.9 Å². The highest BCUT2D eigenvalue weighted by molar-refractivity contribution is 7.89. The first-order valence-corrected chi connectivity index (χ1v) is 9.93. The molecule has 138 valence electrons. The molecule has 0 bridgehead atoms. The minimum atomic E-state index is -3.64. The Morgan fingerprint density at radius 1 is 1.16 bits per heavy atom. The van der Waals surface area contributed by atoms with Crippen LogP contribution in [0.15, 0.2) is 29.2 Å². The molecule has 1 saturated heterocycles. The second-order valence-corrected chi connectivity index (χ2v) is 7.81. The highest BCUT2D eigenvalue weighted by atomic mass is 32.2. The molecule has 1 aromatic rings. The average molecular weight is 368 g/mol. The molecule has 1 amide bonds. The second-order valence-electron chi connectivity index (χ2n) is 5.88. The quantitative estimate of drug-likeness (QED) is 0.769. The van der Waals surface area contributed by atoms with Crippen molar-refractivity contribution in [1.82, 2.24) is 9.62 Å². The summed E-state index contributed by atoms with van der Waals surface area (Å²) in [6.45, 7) is 2.80. The molecule has 1 fully saturated rings. The van der Waals surface area contributed by atoms with Crippen LogP contribution in [0.25, 0.3) is 0 Å². The molecule has 2 rings (SSSR count). The maximum Gasteiger partial charge on any atom is 0.338 e. The van der Waals surface area contributed by atoms with Gasteiger partial charge in [-0.2, -0.15) is 4.31 Å². The minimum Gasteiger partial charge on any atom is -0.452 e. The summed E-state index contributed by atoms with van der Waals surface area (Å²) in [4.78, 5) is 23.5. The number of nitrogens with one attached hydrogen (secondary N) is 1. The standard InChI is InChI=1S/C17H24N2O5S/c1-2-18-16(20)13-24-17(21)14-8-7-9-15(12-14)25(22,23)19-10-5-3-4-6-11-19/h7-9,12H,2-6,10-11,13H2,1H3,(H,18,20). The van der Waals surface area contributed by atoms with Gasteiger partial charge in [-0.3, -0.25) is 4.79 Å². The summed E-state index contributed by atoms with van der Waals surface area (Å²) in [6.07, 6.45) is 3.73. The van der Waals surface area contributed by atoms with Gasteiger partial charge in [0.05, 0.1) is 10.5 Å². The predicted octanol–water partition coefficient (Wildman–Crippen LogP) is 1.54. The lowest BCUT2D eigenvalue weighted by atomic mass is 10.2. The van der Waals surface area contributed by atoms with Crippen LogP contribution >= 0.6 is 0 Å². The van der Waals surface area contributed by atoms with E-state index in [2.05, 4.69) is 5.32 Å². The summed E-state index contributed by atoms with van der Waals surface area (Å²) in [5, 5.41) is 2.52. The van der Waals surface area contributed by atoms with Gasteiger partial charge in [-0.25, -0.2) is 13.2 Å². The van der Waals surface area contributed by atoms with E-state index in [1.165, 1.54) is 28.6 Å². The predicted molar refractivity (Wildman–Crippen MR) is 92.6 cm³/mol. The highest BCUT2D eigenvalue weighted by Crippen LogP contribution is 2.21. The van der Waals surface area contributed by atoms with Gasteiger partial charge in [0.2, 0.25) is 10.0 Å². The van der Waals surface area contributed by atoms with Crippen molar-refractivity contribution < 1.29 is 22.7 Å². The number of likely N-dealkylation sites (N-methyl/N-ethyl adjacent to an activating group) is 1. The number of nitrogens with zero attached hydrogens (tertiary/aromatic N) is 1. The van der Waals surface area contributed by atoms with E-state index >= 15 is 0 Å². The topological polar surface area (TPSA) is 92.8 Å².